The van der Waals surface area contributed by atoms with Crippen LogP contribution in [0.4, 0.5) is 5.69 Å². The van der Waals surface area contributed by atoms with Crippen LogP contribution in [0, 0.1) is 0 Å². The molecule has 0 unspecified atom stereocenters. The van der Waals surface area contributed by atoms with Gasteiger partial charge in [-0.1, -0.05) is 6.07 Å². The predicted molar refractivity (Wildman–Crippen MR) is 85.5 cm³/mol. The second-order valence-electron chi connectivity index (χ2n) is 5.04. The molecule has 0 bridgehead atoms. The largest absolute Gasteiger partial charge is 0.324 e. The van der Waals surface area contributed by atoms with Gasteiger partial charge >= 0.3 is 0 Å². The van der Waals surface area contributed by atoms with E-state index in [1.165, 1.54) is 0 Å². The molecule has 0 saturated heterocycles. The van der Waals surface area contributed by atoms with Crippen molar-refractivity contribution in [2.45, 2.75) is 23.8 Å². The molecular formula is C16H17N3OS. The quantitative estimate of drug-likeness (QED) is 0.893. The summed E-state index contributed by atoms with van der Waals surface area (Å²) in [5.74, 6) is 0.943. The SMILES string of the molecule is N[C@H]1CCCSc2cc(C(=O)Nc3ccncc3)ccc21. The van der Waals surface area contributed by atoms with Crippen LogP contribution in [-0.4, -0.2) is 16.6 Å². The summed E-state index contributed by atoms with van der Waals surface area (Å²) in [7, 11) is 0. The summed E-state index contributed by atoms with van der Waals surface area (Å²) in [5, 5.41) is 2.87. The Balaban J connectivity index is 1.83. The van der Waals surface area contributed by atoms with Gasteiger partial charge in [-0.25, -0.2) is 0 Å². The normalized spacial score (nSPS) is 17.7. The van der Waals surface area contributed by atoms with E-state index in [2.05, 4.69) is 10.3 Å². The third-order valence-electron chi connectivity index (χ3n) is 3.53. The lowest BCUT2D eigenvalue weighted by Gasteiger charge is -2.13. The first kappa shape index (κ1) is 14.1. The first-order valence-electron chi connectivity index (χ1n) is 6.98. The van der Waals surface area contributed by atoms with Crippen molar-refractivity contribution in [1.29, 1.82) is 0 Å². The summed E-state index contributed by atoms with van der Waals surface area (Å²) in [5.41, 5.74) is 8.73. The Morgan fingerprint density at radius 2 is 2.10 bits per heavy atom. The van der Waals surface area contributed by atoms with E-state index in [0.29, 0.717) is 5.56 Å². The number of amides is 1. The van der Waals surface area contributed by atoms with Crippen molar-refractivity contribution >= 4 is 23.4 Å². The van der Waals surface area contributed by atoms with Crippen LogP contribution in [-0.2, 0) is 0 Å². The van der Waals surface area contributed by atoms with Crippen LogP contribution in [0.25, 0.3) is 0 Å². The number of hydrogen-bond acceptors (Lipinski definition) is 4. The van der Waals surface area contributed by atoms with Crippen molar-refractivity contribution < 1.29 is 4.79 Å². The number of benzene rings is 1. The minimum absolute atomic E-state index is 0.0762. The highest BCUT2D eigenvalue weighted by Crippen LogP contribution is 2.34. The first-order chi connectivity index (χ1) is 10.2. The molecule has 1 aliphatic heterocycles. The van der Waals surface area contributed by atoms with Gasteiger partial charge in [-0.3, -0.25) is 9.78 Å². The molecule has 2 heterocycles. The van der Waals surface area contributed by atoms with Gasteiger partial charge in [0.1, 0.15) is 0 Å². The molecular weight excluding hydrogens is 282 g/mol. The molecule has 0 saturated carbocycles. The molecule has 1 aromatic heterocycles. The predicted octanol–water partition coefficient (Wildman–Crippen LogP) is 3.22. The van der Waals surface area contributed by atoms with E-state index in [9.17, 15) is 4.79 Å². The molecule has 108 valence electrons. The molecule has 0 aliphatic carbocycles. The fourth-order valence-electron chi connectivity index (χ4n) is 2.39. The van der Waals surface area contributed by atoms with Crippen molar-refractivity contribution in [3.63, 3.8) is 0 Å². The molecule has 3 N–H and O–H groups in total. The summed E-state index contributed by atoms with van der Waals surface area (Å²) in [6.07, 6.45) is 5.42. The number of nitrogens with one attached hydrogen (secondary N) is 1. The molecule has 1 atom stereocenters. The number of carbonyl (C=O) groups excluding carboxylic acids is 1. The van der Waals surface area contributed by atoms with Gasteiger partial charge in [-0.05, 0) is 48.4 Å². The fourth-order valence-corrected chi connectivity index (χ4v) is 3.51. The number of pyridine rings is 1. The number of fused-ring (bicyclic) bond motifs is 1. The maximum atomic E-state index is 12.3. The van der Waals surface area contributed by atoms with Gasteiger partial charge < -0.3 is 11.1 Å². The summed E-state index contributed by atoms with van der Waals surface area (Å²) in [6.45, 7) is 0. The van der Waals surface area contributed by atoms with Crippen LogP contribution in [0.2, 0.25) is 0 Å². The lowest BCUT2D eigenvalue weighted by Crippen LogP contribution is -2.14. The van der Waals surface area contributed by atoms with Gasteiger partial charge in [-0.2, -0.15) is 0 Å². The van der Waals surface area contributed by atoms with Crippen LogP contribution >= 0.6 is 11.8 Å². The van der Waals surface area contributed by atoms with Gasteiger partial charge in [0, 0.05) is 34.6 Å². The Hall–Kier alpha value is -1.85. The van der Waals surface area contributed by atoms with Crippen LogP contribution in [0.5, 0.6) is 0 Å². The maximum Gasteiger partial charge on any atom is 0.255 e. The van der Waals surface area contributed by atoms with Gasteiger partial charge in [0.05, 0.1) is 0 Å². The molecule has 0 fully saturated rings. The number of rotatable bonds is 2. The van der Waals surface area contributed by atoms with Gasteiger partial charge in [0.2, 0.25) is 0 Å². The molecule has 4 nitrogen and oxygen atoms in total. The molecule has 3 rings (SSSR count). The van der Waals surface area contributed by atoms with Crippen molar-refractivity contribution in [2.24, 2.45) is 5.73 Å². The van der Waals surface area contributed by atoms with Crippen molar-refractivity contribution in [2.75, 3.05) is 11.1 Å². The minimum Gasteiger partial charge on any atom is -0.324 e. The van der Waals surface area contributed by atoms with E-state index in [4.69, 9.17) is 5.73 Å². The smallest absolute Gasteiger partial charge is 0.255 e. The van der Waals surface area contributed by atoms with Crippen molar-refractivity contribution in [3.8, 4) is 0 Å². The van der Waals surface area contributed by atoms with Crippen LogP contribution < -0.4 is 11.1 Å². The average molecular weight is 299 g/mol. The van der Waals surface area contributed by atoms with E-state index in [1.807, 2.05) is 18.2 Å². The highest BCUT2D eigenvalue weighted by molar-refractivity contribution is 7.99. The van der Waals surface area contributed by atoms with E-state index < -0.39 is 0 Å². The third kappa shape index (κ3) is 3.25. The third-order valence-corrected chi connectivity index (χ3v) is 4.69. The Morgan fingerprint density at radius 3 is 2.90 bits per heavy atom. The fraction of sp³-hybridized carbons (Fsp3) is 0.250. The number of hydrogen-bond donors (Lipinski definition) is 2. The number of anilines is 1. The monoisotopic (exact) mass is 299 g/mol. The average Bonchev–Trinajstić information content (AvgIpc) is 2.70. The van der Waals surface area contributed by atoms with Crippen LogP contribution in [0.1, 0.15) is 34.8 Å². The second-order valence-corrected chi connectivity index (χ2v) is 6.18. The van der Waals surface area contributed by atoms with Crippen LogP contribution in [0.15, 0.2) is 47.6 Å². The lowest BCUT2D eigenvalue weighted by molar-refractivity contribution is 0.102. The van der Waals surface area contributed by atoms with E-state index in [-0.39, 0.29) is 11.9 Å². The molecule has 1 aliphatic rings. The van der Waals surface area contributed by atoms with Gasteiger partial charge in [-0.15, -0.1) is 11.8 Å². The zero-order valence-electron chi connectivity index (χ0n) is 11.6. The molecule has 21 heavy (non-hydrogen) atoms. The van der Waals surface area contributed by atoms with Crippen molar-refractivity contribution in [1.82, 2.24) is 4.98 Å². The highest BCUT2D eigenvalue weighted by Gasteiger charge is 2.17. The number of nitrogens with zero attached hydrogens (tertiary/aromatic N) is 1. The van der Waals surface area contributed by atoms with Crippen LogP contribution in [0.3, 0.4) is 0 Å². The maximum absolute atomic E-state index is 12.3. The van der Waals surface area contributed by atoms with Gasteiger partial charge in [0.25, 0.3) is 5.91 Å². The van der Waals surface area contributed by atoms with Crippen molar-refractivity contribution in [3.05, 3.63) is 53.9 Å². The summed E-state index contributed by atoms with van der Waals surface area (Å²) < 4.78 is 0. The Labute approximate surface area is 128 Å². The zero-order chi connectivity index (χ0) is 14.7. The molecule has 1 aromatic carbocycles. The Kier molecular flexibility index (Phi) is 4.22. The minimum atomic E-state index is -0.109. The Morgan fingerprint density at radius 1 is 1.29 bits per heavy atom. The number of thioether (sulfide) groups is 1. The van der Waals surface area contributed by atoms with E-state index in [1.54, 1.807) is 36.3 Å². The number of carbonyl (C=O) groups is 1. The standard InChI is InChI=1S/C16H17N3OS/c17-14-2-1-9-21-15-10-11(3-4-13(14)15)16(20)19-12-5-7-18-8-6-12/h3-8,10,14H,1-2,9,17H2,(H,18,19,20)/t14-/m0/s1. The van der Waals surface area contributed by atoms with Gasteiger partial charge in [0.15, 0.2) is 0 Å². The zero-order valence-corrected chi connectivity index (χ0v) is 12.4. The van der Waals surface area contributed by atoms with E-state index in [0.717, 1.165) is 34.7 Å². The number of nitrogens with two attached hydrogens (primary N) is 1. The first-order valence-corrected chi connectivity index (χ1v) is 7.96. The second kappa shape index (κ2) is 6.28. The molecule has 1 amide bonds. The number of aromatic nitrogens is 1. The summed E-state index contributed by atoms with van der Waals surface area (Å²) >= 11 is 1.78. The molecule has 0 radical (unpaired) electrons. The summed E-state index contributed by atoms with van der Waals surface area (Å²) in [6, 6.07) is 9.40. The highest BCUT2D eigenvalue weighted by atomic mass is 32.2. The van der Waals surface area contributed by atoms with E-state index >= 15 is 0 Å². The Bertz CT molecular complexity index is 645. The molecule has 0 spiro atoms. The topological polar surface area (TPSA) is 68.0 Å². The molecule has 2 aromatic rings. The molecule has 5 heteroatoms. The lowest BCUT2D eigenvalue weighted by atomic mass is 10.0. The summed E-state index contributed by atoms with van der Waals surface area (Å²) in [4.78, 5) is 17.4.